The van der Waals surface area contributed by atoms with E-state index < -0.39 is 0 Å². The zero-order valence-electron chi connectivity index (χ0n) is 9.55. The van der Waals surface area contributed by atoms with Crippen LogP contribution in [-0.2, 0) is 4.79 Å². The van der Waals surface area contributed by atoms with Crippen LogP contribution in [0.5, 0.6) is 0 Å². The number of hydrogen-bond donors (Lipinski definition) is 0. The molecule has 1 fully saturated rings. The van der Waals surface area contributed by atoms with Gasteiger partial charge < -0.3 is 0 Å². The van der Waals surface area contributed by atoms with Crippen LogP contribution in [0.3, 0.4) is 0 Å². The van der Waals surface area contributed by atoms with Gasteiger partial charge in [0.1, 0.15) is 5.78 Å². The average Bonchev–Trinajstić information content (AvgIpc) is 2.24. The van der Waals surface area contributed by atoms with Gasteiger partial charge in [-0.05, 0) is 49.3 Å². The van der Waals surface area contributed by atoms with Crippen LogP contribution in [0, 0.1) is 13.8 Å². The van der Waals surface area contributed by atoms with Gasteiger partial charge in [0, 0.05) is 12.8 Å². The summed E-state index contributed by atoms with van der Waals surface area (Å²) < 4.78 is 0. The van der Waals surface area contributed by atoms with Crippen LogP contribution in [-0.4, -0.2) is 5.78 Å². The summed E-state index contributed by atoms with van der Waals surface area (Å²) in [5.41, 5.74) is 4.24. The van der Waals surface area contributed by atoms with Crippen LogP contribution in [0.15, 0.2) is 18.2 Å². The van der Waals surface area contributed by atoms with Crippen molar-refractivity contribution in [1.29, 1.82) is 0 Å². The summed E-state index contributed by atoms with van der Waals surface area (Å²) in [6, 6.07) is 6.52. The minimum Gasteiger partial charge on any atom is -0.300 e. The third-order valence-electron chi connectivity index (χ3n) is 3.63. The lowest BCUT2D eigenvalue weighted by Gasteiger charge is -2.23. The smallest absolute Gasteiger partial charge is 0.132 e. The molecule has 0 saturated heterocycles. The lowest BCUT2D eigenvalue weighted by molar-refractivity contribution is -0.120. The highest BCUT2D eigenvalue weighted by molar-refractivity contribution is 5.79. The third-order valence-corrected chi connectivity index (χ3v) is 3.63. The molecule has 0 unspecified atom stereocenters. The highest BCUT2D eigenvalue weighted by atomic mass is 16.1. The largest absolute Gasteiger partial charge is 0.300 e. The number of Topliss-reactive ketones (excluding diaryl/α,β-unsaturated/α-hetero) is 1. The molecule has 0 radical (unpaired) electrons. The topological polar surface area (TPSA) is 17.1 Å². The Kier molecular flexibility index (Phi) is 2.90. The lowest BCUT2D eigenvalue weighted by atomic mass is 9.81. The molecule has 0 N–H and O–H groups in total. The maximum absolute atomic E-state index is 11.2. The van der Waals surface area contributed by atoms with Gasteiger partial charge in [0.05, 0.1) is 0 Å². The maximum Gasteiger partial charge on any atom is 0.132 e. The quantitative estimate of drug-likeness (QED) is 0.681. The van der Waals surface area contributed by atoms with Gasteiger partial charge in [-0.2, -0.15) is 0 Å². The molecule has 0 aliphatic heterocycles. The minimum absolute atomic E-state index is 0.441. The van der Waals surface area contributed by atoms with Crippen molar-refractivity contribution >= 4 is 5.78 Å². The predicted molar refractivity (Wildman–Crippen MR) is 62.1 cm³/mol. The van der Waals surface area contributed by atoms with Gasteiger partial charge in [-0.1, -0.05) is 18.2 Å². The van der Waals surface area contributed by atoms with Crippen molar-refractivity contribution < 1.29 is 4.79 Å². The van der Waals surface area contributed by atoms with Gasteiger partial charge in [0.25, 0.3) is 0 Å². The summed E-state index contributed by atoms with van der Waals surface area (Å²) in [4.78, 5) is 11.2. The summed E-state index contributed by atoms with van der Waals surface area (Å²) in [5.74, 6) is 1.05. The fraction of sp³-hybridized carbons (Fsp3) is 0.500. The molecule has 0 spiro atoms. The summed E-state index contributed by atoms with van der Waals surface area (Å²) in [5, 5.41) is 0. The maximum atomic E-state index is 11.2. The first-order chi connectivity index (χ1) is 7.18. The average molecular weight is 202 g/mol. The molecular formula is C14H18O. The minimum atomic E-state index is 0.441. The van der Waals surface area contributed by atoms with Gasteiger partial charge in [0.2, 0.25) is 0 Å². The van der Waals surface area contributed by atoms with Crippen molar-refractivity contribution in [3.63, 3.8) is 0 Å². The molecule has 0 heterocycles. The lowest BCUT2D eigenvalue weighted by Crippen LogP contribution is -2.13. The normalized spacial score (nSPS) is 18.1. The molecule has 1 aromatic rings. The Balaban J connectivity index is 2.22. The molecular weight excluding hydrogens is 184 g/mol. The molecule has 15 heavy (non-hydrogen) atoms. The zero-order chi connectivity index (χ0) is 10.8. The van der Waals surface area contributed by atoms with E-state index in [2.05, 4.69) is 32.0 Å². The first-order valence-electron chi connectivity index (χ1n) is 5.76. The van der Waals surface area contributed by atoms with E-state index in [0.717, 1.165) is 25.7 Å². The SMILES string of the molecule is Cc1cccc(C2CCC(=O)CC2)c1C. The van der Waals surface area contributed by atoms with E-state index in [4.69, 9.17) is 0 Å². The number of aryl methyl sites for hydroxylation is 1. The van der Waals surface area contributed by atoms with Crippen LogP contribution in [0.25, 0.3) is 0 Å². The van der Waals surface area contributed by atoms with E-state index >= 15 is 0 Å². The van der Waals surface area contributed by atoms with E-state index in [-0.39, 0.29) is 0 Å². The number of hydrogen-bond acceptors (Lipinski definition) is 1. The Morgan fingerprint density at radius 1 is 1.13 bits per heavy atom. The molecule has 1 aliphatic rings. The molecule has 2 rings (SSSR count). The van der Waals surface area contributed by atoms with Crippen LogP contribution >= 0.6 is 0 Å². The molecule has 0 aromatic heterocycles. The molecule has 0 bridgehead atoms. The van der Waals surface area contributed by atoms with E-state index in [9.17, 15) is 4.79 Å². The second kappa shape index (κ2) is 4.18. The van der Waals surface area contributed by atoms with Gasteiger partial charge in [0.15, 0.2) is 0 Å². The predicted octanol–water partition coefficient (Wildman–Crippen LogP) is 3.53. The Morgan fingerprint density at radius 2 is 1.80 bits per heavy atom. The Morgan fingerprint density at radius 3 is 2.47 bits per heavy atom. The van der Waals surface area contributed by atoms with E-state index in [1.165, 1.54) is 16.7 Å². The Labute approximate surface area is 91.5 Å². The van der Waals surface area contributed by atoms with Crippen LogP contribution < -0.4 is 0 Å². The van der Waals surface area contributed by atoms with Crippen LogP contribution in [0.2, 0.25) is 0 Å². The molecule has 1 aliphatic carbocycles. The molecule has 1 nitrogen and oxygen atoms in total. The molecule has 0 atom stereocenters. The molecule has 1 saturated carbocycles. The van der Waals surface area contributed by atoms with Crippen LogP contribution in [0.4, 0.5) is 0 Å². The summed E-state index contributed by atoms with van der Waals surface area (Å²) in [6.07, 6.45) is 3.64. The second-order valence-electron chi connectivity index (χ2n) is 4.60. The van der Waals surface area contributed by atoms with Crippen molar-refractivity contribution in [1.82, 2.24) is 0 Å². The number of carbonyl (C=O) groups is 1. The van der Waals surface area contributed by atoms with Crippen molar-refractivity contribution in [2.24, 2.45) is 0 Å². The monoisotopic (exact) mass is 202 g/mol. The fourth-order valence-electron chi connectivity index (χ4n) is 2.47. The van der Waals surface area contributed by atoms with Crippen LogP contribution in [0.1, 0.15) is 48.3 Å². The van der Waals surface area contributed by atoms with E-state index in [0.29, 0.717) is 11.7 Å². The van der Waals surface area contributed by atoms with Gasteiger partial charge >= 0.3 is 0 Å². The van der Waals surface area contributed by atoms with E-state index in [1.807, 2.05) is 0 Å². The van der Waals surface area contributed by atoms with Crippen molar-refractivity contribution in [2.45, 2.75) is 45.4 Å². The molecule has 1 aromatic carbocycles. The number of rotatable bonds is 1. The summed E-state index contributed by atoms with van der Waals surface area (Å²) in [7, 11) is 0. The van der Waals surface area contributed by atoms with E-state index in [1.54, 1.807) is 0 Å². The summed E-state index contributed by atoms with van der Waals surface area (Å²) >= 11 is 0. The molecule has 80 valence electrons. The number of ketones is 1. The van der Waals surface area contributed by atoms with Crippen molar-refractivity contribution in [3.8, 4) is 0 Å². The molecule has 0 amide bonds. The Hall–Kier alpha value is -1.11. The standard InChI is InChI=1S/C14H18O/c1-10-4-3-5-14(11(10)2)12-6-8-13(15)9-7-12/h3-5,12H,6-9H2,1-2H3. The highest BCUT2D eigenvalue weighted by Crippen LogP contribution is 2.33. The number of benzene rings is 1. The Bertz CT molecular complexity index is 369. The second-order valence-corrected chi connectivity index (χ2v) is 4.60. The first-order valence-corrected chi connectivity index (χ1v) is 5.76. The van der Waals surface area contributed by atoms with Gasteiger partial charge in [-0.25, -0.2) is 0 Å². The fourth-order valence-corrected chi connectivity index (χ4v) is 2.47. The summed E-state index contributed by atoms with van der Waals surface area (Å²) in [6.45, 7) is 4.36. The molecule has 1 heteroatoms. The zero-order valence-corrected chi connectivity index (χ0v) is 9.55. The van der Waals surface area contributed by atoms with Crippen molar-refractivity contribution in [3.05, 3.63) is 34.9 Å². The van der Waals surface area contributed by atoms with Crippen molar-refractivity contribution in [2.75, 3.05) is 0 Å². The van der Waals surface area contributed by atoms with Gasteiger partial charge in [-0.3, -0.25) is 4.79 Å². The first kappa shape index (κ1) is 10.4. The highest BCUT2D eigenvalue weighted by Gasteiger charge is 2.21. The third kappa shape index (κ3) is 2.11. The number of carbonyl (C=O) groups excluding carboxylic acids is 1. The van der Waals surface area contributed by atoms with Gasteiger partial charge in [-0.15, -0.1) is 0 Å².